The molecule has 0 unspecified atom stereocenters. The molecule has 0 radical (unpaired) electrons. The summed E-state index contributed by atoms with van der Waals surface area (Å²) < 4.78 is 38.9. The van der Waals surface area contributed by atoms with Crippen LogP contribution in [0.15, 0.2) is 36.5 Å². The Hall–Kier alpha value is -1.82. The van der Waals surface area contributed by atoms with Crippen LogP contribution in [0.2, 0.25) is 0 Å². The molecule has 0 aliphatic carbocycles. The molecule has 0 aliphatic rings. The van der Waals surface area contributed by atoms with Crippen LogP contribution in [0.3, 0.4) is 0 Å². The Morgan fingerprint density at radius 1 is 1.16 bits per heavy atom. The van der Waals surface area contributed by atoms with Crippen LogP contribution in [-0.4, -0.2) is 16.3 Å². The van der Waals surface area contributed by atoms with E-state index in [0.29, 0.717) is 12.2 Å². The highest BCUT2D eigenvalue weighted by atomic mass is 19.4. The third-order valence-corrected chi connectivity index (χ3v) is 2.66. The maximum atomic E-state index is 12.4. The van der Waals surface area contributed by atoms with Crippen molar-refractivity contribution < 1.29 is 13.2 Å². The van der Waals surface area contributed by atoms with E-state index in [2.05, 4.69) is 10.4 Å². The number of aromatic nitrogens is 2. The highest BCUT2D eigenvalue weighted by molar-refractivity contribution is 5.35. The van der Waals surface area contributed by atoms with Crippen molar-refractivity contribution in [2.24, 2.45) is 0 Å². The highest BCUT2D eigenvalue weighted by Crippen LogP contribution is 2.29. The molecule has 1 aromatic heterocycles. The molecular weight excluding hydrogens is 255 g/mol. The zero-order chi connectivity index (χ0) is 13.9. The van der Waals surface area contributed by atoms with Crippen LogP contribution in [0.5, 0.6) is 0 Å². The summed E-state index contributed by atoms with van der Waals surface area (Å²) in [6.45, 7) is 3.48. The molecule has 0 spiro atoms. The molecule has 102 valence electrons. The minimum atomic E-state index is -4.31. The van der Waals surface area contributed by atoms with Crippen molar-refractivity contribution in [3.05, 3.63) is 47.8 Å². The van der Waals surface area contributed by atoms with Crippen molar-refractivity contribution in [2.45, 2.75) is 19.6 Å². The van der Waals surface area contributed by atoms with Crippen LogP contribution in [0, 0.1) is 0 Å². The van der Waals surface area contributed by atoms with Crippen LogP contribution in [0.4, 0.5) is 13.2 Å². The lowest BCUT2D eigenvalue weighted by Crippen LogP contribution is -2.12. The number of hydrogen-bond donors (Lipinski definition) is 1. The van der Waals surface area contributed by atoms with Gasteiger partial charge in [-0.3, -0.25) is 0 Å². The molecule has 2 aromatic rings. The summed E-state index contributed by atoms with van der Waals surface area (Å²) in [4.78, 5) is 0. The van der Waals surface area contributed by atoms with Crippen molar-refractivity contribution in [3.8, 4) is 5.69 Å². The Morgan fingerprint density at radius 3 is 2.42 bits per heavy atom. The molecule has 0 saturated carbocycles. The van der Waals surface area contributed by atoms with Gasteiger partial charge in [0.1, 0.15) is 0 Å². The van der Waals surface area contributed by atoms with Gasteiger partial charge in [0.25, 0.3) is 0 Å². The molecule has 0 fully saturated rings. The lowest BCUT2D eigenvalue weighted by atomic mass is 10.2. The predicted molar refractivity (Wildman–Crippen MR) is 65.9 cm³/mol. The van der Waals surface area contributed by atoms with Gasteiger partial charge in [-0.2, -0.15) is 18.3 Å². The minimum Gasteiger partial charge on any atom is -0.311 e. The first-order valence-electron chi connectivity index (χ1n) is 5.93. The van der Waals surface area contributed by atoms with E-state index in [-0.39, 0.29) is 0 Å². The van der Waals surface area contributed by atoms with Gasteiger partial charge in [-0.15, -0.1) is 0 Å². The molecule has 1 N–H and O–H groups in total. The number of alkyl halides is 3. The zero-order valence-corrected chi connectivity index (χ0v) is 10.4. The van der Waals surface area contributed by atoms with Gasteiger partial charge in [0.15, 0.2) is 0 Å². The molecule has 0 aliphatic heterocycles. The summed E-state index contributed by atoms with van der Waals surface area (Å²) in [6, 6.07) is 6.77. The summed E-state index contributed by atoms with van der Waals surface area (Å²) in [5.41, 5.74) is 0.800. The van der Waals surface area contributed by atoms with Crippen LogP contribution < -0.4 is 5.32 Å². The highest BCUT2D eigenvalue weighted by Gasteiger charge is 2.29. The molecule has 3 nitrogen and oxygen atoms in total. The largest absolute Gasteiger partial charge is 0.416 e. The smallest absolute Gasteiger partial charge is 0.311 e. The monoisotopic (exact) mass is 269 g/mol. The van der Waals surface area contributed by atoms with Gasteiger partial charge < -0.3 is 5.32 Å². The molecule has 0 bridgehead atoms. The Balaban J connectivity index is 2.16. The van der Waals surface area contributed by atoms with Crippen molar-refractivity contribution in [3.63, 3.8) is 0 Å². The summed E-state index contributed by atoms with van der Waals surface area (Å²) in [7, 11) is 0. The Morgan fingerprint density at radius 2 is 1.84 bits per heavy atom. The molecule has 2 rings (SSSR count). The second kappa shape index (κ2) is 5.44. The lowest BCUT2D eigenvalue weighted by Gasteiger charge is -2.07. The van der Waals surface area contributed by atoms with E-state index >= 15 is 0 Å². The molecule has 0 saturated heterocycles. The SMILES string of the molecule is CCNCc1ccn(-c2ccc(C(F)(F)F)cc2)n1. The summed E-state index contributed by atoms with van der Waals surface area (Å²) >= 11 is 0. The number of benzene rings is 1. The van der Waals surface area contributed by atoms with E-state index in [4.69, 9.17) is 0 Å². The third-order valence-electron chi connectivity index (χ3n) is 2.66. The normalized spacial score (nSPS) is 11.8. The Kier molecular flexibility index (Phi) is 3.90. The average Bonchev–Trinajstić information content (AvgIpc) is 2.84. The summed E-state index contributed by atoms with van der Waals surface area (Å²) in [6.07, 6.45) is -2.58. The first kappa shape index (κ1) is 13.6. The zero-order valence-electron chi connectivity index (χ0n) is 10.4. The van der Waals surface area contributed by atoms with Gasteiger partial charge in [-0.25, -0.2) is 4.68 Å². The number of hydrogen-bond acceptors (Lipinski definition) is 2. The fourth-order valence-electron chi connectivity index (χ4n) is 1.66. The second-order valence-corrected chi connectivity index (χ2v) is 4.08. The first-order valence-corrected chi connectivity index (χ1v) is 5.93. The second-order valence-electron chi connectivity index (χ2n) is 4.08. The van der Waals surface area contributed by atoms with Crippen molar-refractivity contribution in [2.75, 3.05) is 6.54 Å². The lowest BCUT2D eigenvalue weighted by molar-refractivity contribution is -0.137. The fourth-order valence-corrected chi connectivity index (χ4v) is 1.66. The van der Waals surface area contributed by atoms with Crippen LogP contribution in [0.25, 0.3) is 5.69 Å². The van der Waals surface area contributed by atoms with Gasteiger partial charge in [-0.05, 0) is 36.9 Å². The van der Waals surface area contributed by atoms with Gasteiger partial charge in [0.2, 0.25) is 0 Å². The Labute approximate surface area is 109 Å². The number of rotatable bonds is 4. The van der Waals surface area contributed by atoms with Crippen LogP contribution in [-0.2, 0) is 12.7 Å². The van der Waals surface area contributed by atoms with Gasteiger partial charge in [0, 0.05) is 12.7 Å². The molecule has 1 aromatic carbocycles. The van der Waals surface area contributed by atoms with Crippen molar-refractivity contribution in [1.29, 1.82) is 0 Å². The topological polar surface area (TPSA) is 29.9 Å². The molecule has 0 atom stereocenters. The fraction of sp³-hybridized carbons (Fsp3) is 0.308. The number of halogens is 3. The van der Waals surface area contributed by atoms with Crippen molar-refractivity contribution >= 4 is 0 Å². The number of nitrogens with one attached hydrogen (secondary N) is 1. The molecule has 0 amide bonds. The molecule has 19 heavy (non-hydrogen) atoms. The van der Waals surface area contributed by atoms with E-state index < -0.39 is 11.7 Å². The van der Waals surface area contributed by atoms with E-state index in [1.807, 2.05) is 13.0 Å². The Bertz CT molecular complexity index is 529. The van der Waals surface area contributed by atoms with Crippen LogP contribution in [0.1, 0.15) is 18.2 Å². The molecule has 1 heterocycles. The number of nitrogens with zero attached hydrogens (tertiary/aromatic N) is 2. The van der Waals surface area contributed by atoms with E-state index in [9.17, 15) is 13.2 Å². The quantitative estimate of drug-likeness (QED) is 0.924. The molecular formula is C13H14F3N3. The maximum Gasteiger partial charge on any atom is 0.416 e. The first-order chi connectivity index (χ1) is 9.00. The predicted octanol–water partition coefficient (Wildman–Crippen LogP) is 3.00. The van der Waals surface area contributed by atoms with Gasteiger partial charge >= 0.3 is 6.18 Å². The van der Waals surface area contributed by atoms with E-state index in [1.54, 1.807) is 10.9 Å². The summed E-state index contributed by atoms with van der Waals surface area (Å²) in [5, 5.41) is 7.42. The van der Waals surface area contributed by atoms with Crippen molar-refractivity contribution in [1.82, 2.24) is 15.1 Å². The van der Waals surface area contributed by atoms with Gasteiger partial charge in [0.05, 0.1) is 16.9 Å². The maximum absolute atomic E-state index is 12.4. The molecule has 6 heteroatoms. The third kappa shape index (κ3) is 3.35. The minimum absolute atomic E-state index is 0.607. The van der Waals surface area contributed by atoms with E-state index in [1.165, 1.54) is 12.1 Å². The standard InChI is InChI=1S/C13H14F3N3/c1-2-17-9-11-7-8-19(18-11)12-5-3-10(4-6-12)13(14,15)16/h3-8,17H,2,9H2,1H3. The average molecular weight is 269 g/mol. The summed E-state index contributed by atoms with van der Waals surface area (Å²) in [5.74, 6) is 0. The van der Waals surface area contributed by atoms with Crippen LogP contribution >= 0.6 is 0 Å². The van der Waals surface area contributed by atoms with E-state index in [0.717, 1.165) is 24.4 Å². The van der Waals surface area contributed by atoms with Gasteiger partial charge in [-0.1, -0.05) is 6.92 Å².